The second-order valence-electron chi connectivity index (χ2n) is 12.5. The van der Waals surface area contributed by atoms with Gasteiger partial charge in [-0.2, -0.15) is 0 Å². The number of benzene rings is 3. The first-order chi connectivity index (χ1) is 20.9. The molecule has 0 fully saturated rings. The van der Waals surface area contributed by atoms with Gasteiger partial charge in [-0.1, -0.05) is 87.5 Å². The van der Waals surface area contributed by atoms with Crippen molar-refractivity contribution in [1.29, 1.82) is 0 Å². The molecule has 9 heteroatoms. The number of amides is 1. The molecule has 1 amide bonds. The van der Waals surface area contributed by atoms with E-state index in [-0.39, 0.29) is 30.8 Å². The van der Waals surface area contributed by atoms with Crippen molar-refractivity contribution in [3.8, 4) is 16.9 Å². The quantitative estimate of drug-likeness (QED) is 0.149. The average Bonchev–Trinajstić information content (AvgIpc) is 3.29. The van der Waals surface area contributed by atoms with Gasteiger partial charge in [0.05, 0.1) is 19.3 Å². The van der Waals surface area contributed by atoms with Crippen molar-refractivity contribution in [2.24, 2.45) is 0 Å². The van der Waals surface area contributed by atoms with Gasteiger partial charge < -0.3 is 23.5 Å². The predicted molar refractivity (Wildman–Crippen MR) is 180 cm³/mol. The molecular weight excluding hydrogens is 589 g/mol. The number of fused-ring (bicyclic) bond motifs is 3. The van der Waals surface area contributed by atoms with Crippen LogP contribution in [0.25, 0.3) is 11.1 Å². The molecule has 1 aliphatic carbocycles. The molecule has 0 aliphatic heterocycles. The number of hydrogen-bond donors (Lipinski definition) is 1. The van der Waals surface area contributed by atoms with Crippen molar-refractivity contribution < 1.29 is 27.6 Å². The van der Waals surface area contributed by atoms with Gasteiger partial charge >= 0.3 is 13.7 Å². The molecule has 1 atom stereocenters. The molecule has 0 bridgehead atoms. The maximum Gasteiger partial charge on any atom is 0.407 e. The van der Waals surface area contributed by atoms with Gasteiger partial charge in [0.1, 0.15) is 12.4 Å². The summed E-state index contributed by atoms with van der Waals surface area (Å²) in [5, 5.41) is 3.05. The molecule has 1 aliphatic rings. The van der Waals surface area contributed by atoms with E-state index in [0.29, 0.717) is 6.42 Å². The summed E-state index contributed by atoms with van der Waals surface area (Å²) in [5.41, 5.74) is 5.60. The van der Waals surface area contributed by atoms with Gasteiger partial charge in [-0.3, -0.25) is 4.57 Å². The van der Waals surface area contributed by atoms with Gasteiger partial charge in [0.25, 0.3) is 0 Å². The molecule has 0 radical (unpaired) electrons. The molecule has 7 nitrogen and oxygen atoms in total. The van der Waals surface area contributed by atoms with Crippen LogP contribution >= 0.6 is 7.60 Å². The zero-order chi connectivity index (χ0) is 32.0. The van der Waals surface area contributed by atoms with E-state index in [0.717, 1.165) is 22.4 Å². The van der Waals surface area contributed by atoms with Crippen LogP contribution in [-0.2, 0) is 24.8 Å². The highest BCUT2D eigenvalue weighted by atomic mass is 31.2. The van der Waals surface area contributed by atoms with E-state index >= 15 is 0 Å². The SMILES string of the molecule is CCOP(=O)(/C=C/[C@H](Cc1ccc(O[Si](C)(C)C(C)(C)C)cc1)NC(=O)OCC1c2ccccc2-c2ccccc21)OCC. The minimum absolute atomic E-state index is 0.0493. The summed E-state index contributed by atoms with van der Waals surface area (Å²) in [5.74, 6) is 2.21. The van der Waals surface area contributed by atoms with E-state index in [1.54, 1.807) is 19.9 Å². The van der Waals surface area contributed by atoms with E-state index < -0.39 is 28.0 Å². The second-order valence-corrected chi connectivity index (χ2v) is 19.1. The Bertz CT molecular complexity index is 1440. The topological polar surface area (TPSA) is 83.1 Å². The maximum atomic E-state index is 13.2. The highest BCUT2D eigenvalue weighted by Crippen LogP contribution is 2.49. The minimum Gasteiger partial charge on any atom is -0.544 e. The normalized spacial score (nSPS) is 14.2. The monoisotopic (exact) mass is 635 g/mol. The zero-order valence-electron chi connectivity index (χ0n) is 27.0. The van der Waals surface area contributed by atoms with Crippen LogP contribution in [0.3, 0.4) is 0 Å². The number of nitrogens with one attached hydrogen (secondary N) is 1. The van der Waals surface area contributed by atoms with Gasteiger partial charge in [0.15, 0.2) is 0 Å². The Morgan fingerprint density at radius 1 is 0.909 bits per heavy atom. The molecule has 0 unspecified atom stereocenters. The van der Waals surface area contributed by atoms with Gasteiger partial charge in [-0.15, -0.1) is 0 Å². The first-order valence-electron chi connectivity index (χ1n) is 15.3. The summed E-state index contributed by atoms with van der Waals surface area (Å²) in [6, 6.07) is 23.9. The Labute approximate surface area is 263 Å². The number of ether oxygens (including phenoxy) is 1. The lowest BCUT2D eigenvalue weighted by molar-refractivity contribution is 0.140. The molecule has 0 aromatic heterocycles. The minimum atomic E-state index is -3.46. The summed E-state index contributed by atoms with van der Waals surface area (Å²) in [6.07, 6.45) is 1.56. The van der Waals surface area contributed by atoms with Crippen LogP contribution in [-0.4, -0.2) is 40.3 Å². The lowest BCUT2D eigenvalue weighted by atomic mass is 9.98. The molecular formula is C35H46NO6PSi. The van der Waals surface area contributed by atoms with Gasteiger partial charge in [0, 0.05) is 11.7 Å². The Hall–Kier alpha value is -3.16. The molecule has 0 saturated heterocycles. The summed E-state index contributed by atoms with van der Waals surface area (Å²) in [6.45, 7) is 15.3. The Balaban J connectivity index is 1.49. The van der Waals surface area contributed by atoms with Gasteiger partial charge in [-0.05, 0) is 78.4 Å². The Morgan fingerprint density at radius 3 is 1.98 bits per heavy atom. The lowest BCUT2D eigenvalue weighted by Gasteiger charge is -2.36. The summed E-state index contributed by atoms with van der Waals surface area (Å²) in [4.78, 5) is 13.2. The predicted octanol–water partition coefficient (Wildman–Crippen LogP) is 9.30. The molecule has 0 spiro atoms. The van der Waals surface area contributed by atoms with Crippen LogP contribution in [0.15, 0.2) is 84.7 Å². The maximum absolute atomic E-state index is 13.2. The van der Waals surface area contributed by atoms with Crippen molar-refractivity contribution in [1.82, 2.24) is 5.32 Å². The van der Waals surface area contributed by atoms with Gasteiger partial charge in [0.2, 0.25) is 8.32 Å². The Morgan fingerprint density at radius 2 is 1.45 bits per heavy atom. The molecule has 0 heterocycles. The van der Waals surface area contributed by atoms with Crippen LogP contribution in [0.5, 0.6) is 5.75 Å². The third-order valence-corrected chi connectivity index (χ3v) is 14.5. The van der Waals surface area contributed by atoms with E-state index in [1.807, 2.05) is 48.5 Å². The van der Waals surface area contributed by atoms with Crippen LogP contribution in [0.4, 0.5) is 4.79 Å². The number of hydrogen-bond acceptors (Lipinski definition) is 6. The smallest absolute Gasteiger partial charge is 0.407 e. The molecule has 3 aromatic carbocycles. The highest BCUT2D eigenvalue weighted by Gasteiger charge is 2.39. The van der Waals surface area contributed by atoms with Crippen molar-refractivity contribution in [2.75, 3.05) is 19.8 Å². The van der Waals surface area contributed by atoms with Crippen molar-refractivity contribution in [3.05, 3.63) is 101 Å². The first kappa shape index (κ1) is 33.7. The molecule has 3 aromatic rings. The van der Waals surface area contributed by atoms with Gasteiger partial charge in [-0.25, -0.2) is 4.79 Å². The summed E-state index contributed by atoms with van der Waals surface area (Å²) < 4.78 is 36.3. The average molecular weight is 636 g/mol. The molecule has 0 saturated carbocycles. The third kappa shape index (κ3) is 8.30. The van der Waals surface area contributed by atoms with Crippen LogP contribution in [0, 0.1) is 0 Å². The van der Waals surface area contributed by atoms with Crippen LogP contribution in [0.2, 0.25) is 18.1 Å². The number of carbonyl (C=O) groups excluding carboxylic acids is 1. The highest BCUT2D eigenvalue weighted by molar-refractivity contribution is 7.57. The van der Waals surface area contributed by atoms with E-state index in [4.69, 9.17) is 18.2 Å². The van der Waals surface area contributed by atoms with Crippen LogP contribution < -0.4 is 9.74 Å². The van der Waals surface area contributed by atoms with E-state index in [9.17, 15) is 9.36 Å². The van der Waals surface area contributed by atoms with Crippen molar-refractivity contribution in [3.63, 3.8) is 0 Å². The Kier molecular flexibility index (Phi) is 11.0. The largest absolute Gasteiger partial charge is 0.544 e. The lowest BCUT2D eigenvalue weighted by Crippen LogP contribution is -2.43. The molecule has 4 rings (SSSR count). The first-order valence-corrected chi connectivity index (χ1v) is 19.9. The fraction of sp³-hybridized carbons (Fsp3) is 0.400. The third-order valence-electron chi connectivity index (χ3n) is 8.32. The van der Waals surface area contributed by atoms with Crippen molar-refractivity contribution >= 4 is 22.0 Å². The fourth-order valence-electron chi connectivity index (χ4n) is 5.05. The molecule has 44 heavy (non-hydrogen) atoms. The van der Waals surface area contributed by atoms with E-state index in [1.165, 1.54) is 16.9 Å². The number of rotatable bonds is 13. The molecule has 236 valence electrons. The molecule has 1 N–H and O–H groups in total. The zero-order valence-corrected chi connectivity index (χ0v) is 28.9. The van der Waals surface area contributed by atoms with Crippen LogP contribution in [0.1, 0.15) is 57.2 Å². The summed E-state index contributed by atoms with van der Waals surface area (Å²) >= 11 is 0. The second kappa shape index (κ2) is 14.3. The summed E-state index contributed by atoms with van der Waals surface area (Å²) in [7, 11) is -5.44. The standard InChI is InChI=1S/C35H46NO6PSi/c1-8-40-43(38,41-9-2)23-22-27(24-26-18-20-28(21-19-26)42-44(6,7)35(3,4)5)36-34(37)39-25-33-31-16-12-10-14-29(31)30-15-11-13-17-32(30)33/h10-23,27,33H,8-9,24-25H2,1-7H3,(H,36,37)/b23-22+/t27-/m1/s1. The van der Waals surface area contributed by atoms with Crippen molar-refractivity contribution in [2.45, 2.75) is 71.1 Å². The fourth-order valence-corrected chi connectivity index (χ4v) is 7.46. The number of alkyl carbamates (subject to hydrolysis) is 1. The van der Waals surface area contributed by atoms with E-state index in [2.05, 4.69) is 63.4 Å². The number of carbonyl (C=O) groups is 1.